The molecule has 2 aromatic heterocycles. The number of nitrogens with zero attached hydrogens (tertiary/aromatic N) is 2. The Morgan fingerprint density at radius 3 is 1.67 bits per heavy atom. The number of esters is 1. The lowest BCUT2D eigenvalue weighted by molar-refractivity contribution is 0.0516. The molecule has 0 bridgehead atoms. The van der Waals surface area contributed by atoms with Gasteiger partial charge in [-0.05, 0) is 118 Å². The summed E-state index contributed by atoms with van der Waals surface area (Å²) in [7, 11) is 0. The summed E-state index contributed by atoms with van der Waals surface area (Å²) in [5.41, 5.74) is 3.37. The minimum absolute atomic E-state index is 0. The van der Waals surface area contributed by atoms with Crippen LogP contribution in [-0.2, 0) is 17.6 Å². The maximum Gasteiger partial charge on any atom is 0.357 e. The molecule has 0 N–H and O–H groups in total. The first-order valence-corrected chi connectivity index (χ1v) is 18.4. The number of ether oxygens (including phenoxy) is 3. The second kappa shape index (κ2) is 17.3. The highest BCUT2D eigenvalue weighted by molar-refractivity contribution is 7.93. The van der Waals surface area contributed by atoms with Gasteiger partial charge in [0, 0.05) is 52.8 Å². The van der Waals surface area contributed by atoms with Gasteiger partial charge in [0.25, 0.3) is 0 Å². The summed E-state index contributed by atoms with van der Waals surface area (Å²) < 4.78 is 82.2. The minimum Gasteiger partial charge on any atom is -0.474 e. The lowest BCUT2D eigenvalue weighted by Crippen LogP contribution is -2.26. The van der Waals surface area contributed by atoms with Crippen molar-refractivity contribution in [3.05, 3.63) is 93.8 Å². The van der Waals surface area contributed by atoms with E-state index < -0.39 is 29.2 Å². The van der Waals surface area contributed by atoms with Gasteiger partial charge in [-0.2, -0.15) is 3.89 Å². The molecule has 0 spiro atoms. The molecule has 6 nitrogen and oxygen atoms in total. The normalized spacial score (nSPS) is 18.4. The first-order chi connectivity index (χ1) is 24.6. The van der Waals surface area contributed by atoms with Gasteiger partial charge in [-0.15, -0.1) is 0 Å². The first kappa shape index (κ1) is 39.3. The Morgan fingerprint density at radius 2 is 1.23 bits per heavy atom. The maximum absolute atomic E-state index is 14.4. The van der Waals surface area contributed by atoms with Crippen LogP contribution in [0.3, 0.4) is 0 Å². The molecule has 2 saturated carbocycles. The van der Waals surface area contributed by atoms with E-state index in [2.05, 4.69) is 9.97 Å². The Bertz CT molecular complexity index is 1910. The van der Waals surface area contributed by atoms with Gasteiger partial charge in [0.15, 0.2) is 5.69 Å². The van der Waals surface area contributed by atoms with Gasteiger partial charge in [-0.3, -0.25) is 0 Å². The molecule has 2 aliphatic carbocycles. The van der Waals surface area contributed by atoms with E-state index in [4.69, 9.17) is 25.8 Å². The second-order valence-corrected chi connectivity index (χ2v) is 13.5. The van der Waals surface area contributed by atoms with Crippen molar-refractivity contribution in [3.8, 4) is 34.0 Å². The van der Waals surface area contributed by atoms with Crippen molar-refractivity contribution in [1.82, 2.24) is 9.97 Å². The summed E-state index contributed by atoms with van der Waals surface area (Å²) in [6.07, 6.45) is 9.48. The fourth-order valence-electron chi connectivity index (χ4n) is 6.53. The smallest absolute Gasteiger partial charge is 0.357 e. The van der Waals surface area contributed by atoms with Crippen LogP contribution in [0.15, 0.2) is 48.5 Å². The molecule has 13 heteroatoms. The SMILES string of the molecule is C.CCOC(=O)c1cc(-c2ccc(F)cc2F)c2c(n1)OC(C1CC1)CC2.CSF.Fc1ccc(-c2cc(Cl)nc3c2CCC(C2CC2)O3)c(F)c1. The van der Waals surface area contributed by atoms with E-state index in [1.54, 1.807) is 13.0 Å². The van der Waals surface area contributed by atoms with Crippen molar-refractivity contribution in [2.75, 3.05) is 12.9 Å². The number of fused-ring (bicyclic) bond motifs is 2. The van der Waals surface area contributed by atoms with E-state index >= 15 is 0 Å². The zero-order valence-electron chi connectivity index (χ0n) is 28.0. The van der Waals surface area contributed by atoms with Crippen LogP contribution in [0.5, 0.6) is 11.8 Å². The number of hydrogen-bond acceptors (Lipinski definition) is 7. The third-order valence-corrected chi connectivity index (χ3v) is 9.44. The monoisotopic (exact) mass is 762 g/mol. The molecule has 52 heavy (non-hydrogen) atoms. The zero-order chi connectivity index (χ0) is 36.2. The van der Waals surface area contributed by atoms with E-state index in [1.807, 2.05) is 0 Å². The summed E-state index contributed by atoms with van der Waals surface area (Å²) in [5, 5.41) is 0.258. The van der Waals surface area contributed by atoms with Crippen LogP contribution in [0.25, 0.3) is 22.3 Å². The third kappa shape index (κ3) is 9.17. The number of benzene rings is 2. The highest BCUT2D eigenvalue weighted by atomic mass is 35.5. The van der Waals surface area contributed by atoms with Crippen LogP contribution in [0, 0.1) is 35.1 Å². The molecule has 2 fully saturated rings. The first-order valence-electron chi connectivity index (χ1n) is 16.9. The molecule has 4 heterocycles. The number of carbonyl (C=O) groups excluding carboxylic acids is 1. The van der Waals surface area contributed by atoms with Crippen LogP contribution in [0.4, 0.5) is 21.4 Å². The quantitative estimate of drug-likeness (QED) is 0.110. The van der Waals surface area contributed by atoms with Gasteiger partial charge in [0.05, 0.1) is 6.61 Å². The molecule has 4 aliphatic rings. The molecule has 8 rings (SSSR count). The van der Waals surface area contributed by atoms with Gasteiger partial charge in [-0.1, -0.05) is 19.0 Å². The summed E-state index contributed by atoms with van der Waals surface area (Å²) >= 11 is 6.32. The minimum atomic E-state index is -0.683. The number of rotatable bonds is 6. The number of carbonyl (C=O) groups is 1. The lowest BCUT2D eigenvalue weighted by Gasteiger charge is -2.27. The van der Waals surface area contributed by atoms with Crippen molar-refractivity contribution in [2.45, 2.75) is 77.9 Å². The molecule has 2 aliphatic heterocycles. The molecule has 2 atom stereocenters. The molecular weight excluding hydrogens is 723 g/mol. The van der Waals surface area contributed by atoms with Crippen molar-refractivity contribution in [3.63, 3.8) is 0 Å². The predicted molar refractivity (Wildman–Crippen MR) is 192 cm³/mol. The van der Waals surface area contributed by atoms with Gasteiger partial charge in [0.1, 0.15) is 40.6 Å². The third-order valence-electron chi connectivity index (χ3n) is 9.25. The predicted octanol–water partition coefficient (Wildman–Crippen LogP) is 11.0. The topological polar surface area (TPSA) is 70.5 Å². The Hall–Kier alpha value is -3.90. The second-order valence-electron chi connectivity index (χ2n) is 12.8. The molecule has 2 aromatic carbocycles. The Kier molecular flexibility index (Phi) is 13.1. The molecule has 2 unspecified atom stereocenters. The van der Waals surface area contributed by atoms with Crippen LogP contribution in [0.2, 0.25) is 5.15 Å². The molecule has 0 radical (unpaired) electrons. The summed E-state index contributed by atoms with van der Waals surface area (Å²) in [5.74, 6) is -1.12. The Balaban J connectivity index is 0.000000186. The van der Waals surface area contributed by atoms with Crippen LogP contribution < -0.4 is 9.47 Å². The number of aromatic nitrogens is 2. The standard InChI is InChI=1S/C20H19F2NO3.C17H14ClF2NO.CH3FS.CH4/c1-2-25-20(24)17-10-15(13-6-5-12(21)9-16(13)22)14-7-8-18(11-3-4-11)26-19(14)23-17;18-16-8-13(11-4-3-10(19)7-14(11)20)12-5-6-15(9-1-2-9)22-17(12)21-16;1-3-2;/h5-6,9-11,18H,2-4,7-8H2,1H3;3-4,7-9,15H,1-2,5-6H2;1H3;1H4. The number of pyridine rings is 2. The average Bonchev–Trinajstić information content (AvgIpc) is 4.02. The Morgan fingerprint density at radius 1 is 0.769 bits per heavy atom. The van der Waals surface area contributed by atoms with E-state index in [-0.39, 0.29) is 54.8 Å². The number of halogens is 6. The summed E-state index contributed by atoms with van der Waals surface area (Å²) in [6, 6.07) is 10.1. The largest absolute Gasteiger partial charge is 0.474 e. The van der Waals surface area contributed by atoms with Crippen LogP contribution >= 0.6 is 23.7 Å². The van der Waals surface area contributed by atoms with Crippen molar-refractivity contribution < 1.29 is 40.5 Å². The molecule has 278 valence electrons. The van der Waals surface area contributed by atoms with Crippen LogP contribution in [0.1, 0.15) is 74.5 Å². The highest BCUT2D eigenvalue weighted by Crippen LogP contribution is 2.44. The van der Waals surface area contributed by atoms with E-state index in [0.717, 1.165) is 55.4 Å². The van der Waals surface area contributed by atoms with Crippen molar-refractivity contribution >= 4 is 29.7 Å². The fraction of sp³-hybridized carbons (Fsp3) is 0.410. The highest BCUT2D eigenvalue weighted by Gasteiger charge is 2.38. The van der Waals surface area contributed by atoms with Gasteiger partial charge in [-0.25, -0.2) is 32.3 Å². The van der Waals surface area contributed by atoms with Gasteiger partial charge in [0.2, 0.25) is 11.8 Å². The Labute approximate surface area is 309 Å². The summed E-state index contributed by atoms with van der Waals surface area (Å²) in [4.78, 5) is 20.8. The average molecular weight is 763 g/mol. The van der Waals surface area contributed by atoms with Crippen molar-refractivity contribution in [1.29, 1.82) is 0 Å². The lowest BCUT2D eigenvalue weighted by atomic mass is 9.93. The number of hydrogen-bond donors (Lipinski definition) is 0. The maximum atomic E-state index is 14.4. The molecule has 0 amide bonds. The van der Waals surface area contributed by atoms with E-state index in [1.165, 1.54) is 49.4 Å². The van der Waals surface area contributed by atoms with Crippen molar-refractivity contribution in [2.24, 2.45) is 11.8 Å². The summed E-state index contributed by atoms with van der Waals surface area (Å²) in [6.45, 7) is 1.92. The fourth-order valence-corrected chi connectivity index (χ4v) is 6.71. The van der Waals surface area contributed by atoms with E-state index in [0.29, 0.717) is 46.7 Å². The molecule has 0 saturated heterocycles. The van der Waals surface area contributed by atoms with E-state index in [9.17, 15) is 26.2 Å². The van der Waals surface area contributed by atoms with Crippen LogP contribution in [-0.4, -0.2) is 41.0 Å². The molecular formula is C39H40ClF5N2O4S. The zero-order valence-corrected chi connectivity index (χ0v) is 29.6. The van der Waals surface area contributed by atoms with Gasteiger partial charge >= 0.3 is 5.97 Å². The molecule has 4 aromatic rings. The van der Waals surface area contributed by atoms with Gasteiger partial charge < -0.3 is 14.2 Å².